The molecule has 0 N–H and O–H groups in total. The smallest absolute Gasteiger partial charge is 0.223 e. The molecule has 2 nitrogen and oxygen atoms in total. The van der Waals surface area contributed by atoms with Crippen LogP contribution in [0.25, 0.3) is 0 Å². The van der Waals surface area contributed by atoms with Crippen LogP contribution in [-0.2, 0) is 4.79 Å². The molecule has 0 aliphatic heterocycles. The molecule has 0 aromatic heterocycles. The predicted octanol–water partition coefficient (Wildman–Crippen LogP) is 3.03. The van der Waals surface area contributed by atoms with Crippen molar-refractivity contribution in [3.8, 4) is 0 Å². The van der Waals surface area contributed by atoms with Gasteiger partial charge in [0.1, 0.15) is 0 Å². The fraction of sp³-hybridized carbons (Fsp3) is 0.833. The van der Waals surface area contributed by atoms with Gasteiger partial charge in [0.2, 0.25) is 5.91 Å². The van der Waals surface area contributed by atoms with Gasteiger partial charge in [-0.2, -0.15) is 0 Å². The Bertz CT molecular complexity index is 150. The lowest BCUT2D eigenvalue weighted by molar-refractivity contribution is -0.130. The van der Waals surface area contributed by atoms with Crippen molar-refractivity contribution in [1.29, 1.82) is 0 Å². The van der Waals surface area contributed by atoms with Gasteiger partial charge >= 0.3 is 0 Å². The Morgan fingerprint density at radius 3 is 1.93 bits per heavy atom. The molecular weight excluding hydrogens is 174 g/mol. The Morgan fingerprint density at radius 1 is 1.07 bits per heavy atom. The first-order chi connectivity index (χ1) is 6.65. The Morgan fingerprint density at radius 2 is 1.57 bits per heavy atom. The zero-order chi connectivity index (χ0) is 11.0. The van der Waals surface area contributed by atoms with Crippen LogP contribution in [0.15, 0.2) is 0 Å². The van der Waals surface area contributed by atoms with Crippen LogP contribution in [-0.4, -0.2) is 23.9 Å². The monoisotopic (exact) mass is 198 g/mol. The highest BCUT2D eigenvalue weighted by molar-refractivity contribution is 5.77. The summed E-state index contributed by atoms with van der Waals surface area (Å²) in [6.07, 6.45) is 3.75. The Kier molecular flexibility index (Phi) is 7.54. The first kappa shape index (κ1) is 13.5. The van der Waals surface area contributed by atoms with Gasteiger partial charge in [-0.25, -0.2) is 0 Å². The van der Waals surface area contributed by atoms with Crippen molar-refractivity contribution < 1.29 is 4.79 Å². The third-order valence-electron chi connectivity index (χ3n) is 2.40. The van der Waals surface area contributed by atoms with Gasteiger partial charge in [0.15, 0.2) is 0 Å². The summed E-state index contributed by atoms with van der Waals surface area (Å²) in [6, 6.07) is 0. The van der Waals surface area contributed by atoms with E-state index in [9.17, 15) is 4.79 Å². The van der Waals surface area contributed by atoms with Crippen LogP contribution in [0.3, 0.4) is 0 Å². The first-order valence-corrected chi connectivity index (χ1v) is 5.74. The van der Waals surface area contributed by atoms with E-state index in [1.165, 1.54) is 5.92 Å². The van der Waals surface area contributed by atoms with Crippen LogP contribution in [0.5, 0.6) is 0 Å². The first-order valence-electron chi connectivity index (χ1n) is 5.74. The van der Waals surface area contributed by atoms with Crippen LogP contribution in [0, 0.1) is 5.92 Å². The number of hydrogen-bond donors (Lipinski definition) is 0. The summed E-state index contributed by atoms with van der Waals surface area (Å²) in [5.74, 6) is 1.58. The molecule has 2 heteroatoms. The zero-order valence-electron chi connectivity index (χ0n) is 10.1. The lowest BCUT2D eigenvalue weighted by Crippen LogP contribution is -2.33. The molecule has 0 spiro atoms. The van der Waals surface area contributed by atoms with Crippen LogP contribution in [0.1, 0.15) is 53.4 Å². The maximum Gasteiger partial charge on any atom is 0.223 e. The third-order valence-corrected chi connectivity index (χ3v) is 2.40. The summed E-state index contributed by atoms with van der Waals surface area (Å²) in [6.45, 7) is 10.2. The molecule has 0 saturated carbocycles. The molecule has 0 bridgehead atoms. The lowest BCUT2D eigenvalue weighted by atomic mass is 10.0. The quantitative estimate of drug-likeness (QED) is 0.615. The summed E-state index contributed by atoms with van der Waals surface area (Å²) in [7, 11) is 0. The fourth-order valence-electron chi connectivity index (χ4n) is 1.40. The second kappa shape index (κ2) is 7.84. The molecule has 0 heterocycles. The van der Waals surface area contributed by atoms with E-state index in [4.69, 9.17) is 0 Å². The third kappa shape index (κ3) is 5.25. The average Bonchev–Trinajstić information content (AvgIpc) is 2.17. The second-order valence-electron chi connectivity index (χ2n) is 3.87. The van der Waals surface area contributed by atoms with E-state index < -0.39 is 0 Å². The lowest BCUT2D eigenvalue weighted by Gasteiger charge is -2.22. The number of rotatable bonds is 7. The molecule has 0 saturated heterocycles. The maximum atomic E-state index is 11.8. The van der Waals surface area contributed by atoms with Crippen molar-refractivity contribution in [2.45, 2.75) is 53.4 Å². The molecule has 1 amide bonds. The van der Waals surface area contributed by atoms with Crippen molar-refractivity contribution in [1.82, 2.24) is 4.90 Å². The van der Waals surface area contributed by atoms with E-state index in [2.05, 4.69) is 27.7 Å². The molecule has 0 aliphatic carbocycles. The van der Waals surface area contributed by atoms with Crippen molar-refractivity contribution in [3.63, 3.8) is 0 Å². The van der Waals surface area contributed by atoms with Gasteiger partial charge in [0, 0.05) is 19.5 Å². The predicted molar refractivity (Wildman–Crippen MR) is 61.0 cm³/mol. The van der Waals surface area contributed by atoms with E-state index in [1.54, 1.807) is 0 Å². The van der Waals surface area contributed by atoms with E-state index in [1.807, 2.05) is 4.90 Å². The number of carbonyl (C=O) groups excluding carboxylic acids is 1. The molecule has 0 aromatic rings. The van der Waals surface area contributed by atoms with Crippen LogP contribution < -0.4 is 0 Å². The SMILES string of the molecule is CCCN(CCC)C(=O)C[C](C)CC. The minimum absolute atomic E-state index is 0.299. The number of amides is 1. The molecule has 0 aromatic carbocycles. The topological polar surface area (TPSA) is 20.3 Å². The van der Waals surface area contributed by atoms with Crippen LogP contribution in [0.4, 0.5) is 0 Å². The van der Waals surface area contributed by atoms with Gasteiger partial charge in [-0.3, -0.25) is 4.79 Å². The molecule has 0 fully saturated rings. The van der Waals surface area contributed by atoms with Crippen molar-refractivity contribution in [2.75, 3.05) is 13.1 Å². The molecule has 0 rings (SSSR count). The minimum atomic E-state index is 0.299. The minimum Gasteiger partial charge on any atom is -0.343 e. The molecular formula is C12H24NO. The number of nitrogens with zero attached hydrogens (tertiary/aromatic N) is 1. The molecule has 1 radical (unpaired) electrons. The Hall–Kier alpha value is -0.530. The van der Waals surface area contributed by atoms with Crippen molar-refractivity contribution in [2.24, 2.45) is 0 Å². The van der Waals surface area contributed by atoms with Gasteiger partial charge in [0.05, 0.1) is 0 Å². The number of carbonyl (C=O) groups is 1. The largest absolute Gasteiger partial charge is 0.343 e. The molecule has 83 valence electrons. The average molecular weight is 198 g/mol. The highest BCUT2D eigenvalue weighted by Gasteiger charge is 2.14. The molecule has 14 heavy (non-hydrogen) atoms. The van der Waals surface area contributed by atoms with Crippen molar-refractivity contribution >= 4 is 5.91 Å². The molecule has 0 unspecified atom stereocenters. The number of hydrogen-bond acceptors (Lipinski definition) is 1. The van der Waals surface area contributed by atoms with Crippen LogP contribution >= 0.6 is 0 Å². The normalized spacial score (nSPS) is 10.6. The standard InChI is InChI=1S/C12H24NO/c1-5-8-13(9-6-2)12(14)10-11(4)7-3/h5-10H2,1-4H3. The summed E-state index contributed by atoms with van der Waals surface area (Å²) in [5.41, 5.74) is 0. The van der Waals surface area contributed by atoms with Crippen LogP contribution in [0.2, 0.25) is 0 Å². The summed E-state index contributed by atoms with van der Waals surface area (Å²) >= 11 is 0. The highest BCUT2D eigenvalue weighted by Crippen LogP contribution is 2.11. The zero-order valence-corrected chi connectivity index (χ0v) is 10.1. The molecule has 0 atom stereocenters. The highest BCUT2D eigenvalue weighted by atomic mass is 16.2. The summed E-state index contributed by atoms with van der Waals surface area (Å²) in [5, 5.41) is 0. The van der Waals surface area contributed by atoms with Gasteiger partial charge < -0.3 is 4.90 Å². The summed E-state index contributed by atoms with van der Waals surface area (Å²) < 4.78 is 0. The van der Waals surface area contributed by atoms with Gasteiger partial charge in [-0.1, -0.05) is 27.7 Å². The van der Waals surface area contributed by atoms with Gasteiger partial charge in [-0.15, -0.1) is 0 Å². The Labute approximate surface area is 88.7 Å². The fourth-order valence-corrected chi connectivity index (χ4v) is 1.40. The van der Waals surface area contributed by atoms with Gasteiger partial charge in [-0.05, 0) is 25.2 Å². The van der Waals surface area contributed by atoms with E-state index in [-0.39, 0.29) is 0 Å². The van der Waals surface area contributed by atoms with E-state index in [0.29, 0.717) is 12.3 Å². The Balaban J connectivity index is 4.00. The van der Waals surface area contributed by atoms with E-state index in [0.717, 1.165) is 32.4 Å². The summed E-state index contributed by atoms with van der Waals surface area (Å²) in [4.78, 5) is 13.8. The molecule has 0 aliphatic rings. The van der Waals surface area contributed by atoms with Gasteiger partial charge in [0.25, 0.3) is 0 Å². The van der Waals surface area contributed by atoms with E-state index >= 15 is 0 Å². The second-order valence-corrected chi connectivity index (χ2v) is 3.87. The maximum absolute atomic E-state index is 11.8. The van der Waals surface area contributed by atoms with Crippen molar-refractivity contribution in [3.05, 3.63) is 5.92 Å².